The second-order valence-electron chi connectivity index (χ2n) is 4.72. The fraction of sp³-hybridized carbons (Fsp3) is 0.250. The molecule has 0 heterocycles. The van der Waals surface area contributed by atoms with Gasteiger partial charge >= 0.3 is 0 Å². The van der Waals surface area contributed by atoms with Gasteiger partial charge in [0, 0.05) is 19.5 Å². The van der Waals surface area contributed by atoms with Crippen LogP contribution in [0.4, 0.5) is 4.39 Å². The molecule has 2 aromatic rings. The molecule has 0 aliphatic carbocycles. The number of halogens is 4. The van der Waals surface area contributed by atoms with Gasteiger partial charge in [-0.15, -0.1) is 0 Å². The van der Waals surface area contributed by atoms with Crippen LogP contribution in [0.2, 0.25) is 5.02 Å². The molecule has 1 nitrogen and oxygen atoms in total. The summed E-state index contributed by atoms with van der Waals surface area (Å²) in [4.78, 5) is 0. The standard InChI is InChI=1S/C16H15Br2ClFN/c1-2-7-21-16(12-5-3-11(18)9-14(12)19)13-8-10(17)4-6-15(13)20/h3-6,8-9,16,21H,2,7H2,1H3. The molecule has 0 aliphatic heterocycles. The van der Waals surface area contributed by atoms with Crippen molar-refractivity contribution in [3.63, 3.8) is 0 Å². The smallest absolute Gasteiger partial charge is 0.128 e. The highest BCUT2D eigenvalue weighted by Crippen LogP contribution is 2.33. The van der Waals surface area contributed by atoms with Crippen molar-refractivity contribution in [1.82, 2.24) is 5.32 Å². The lowest BCUT2D eigenvalue weighted by Gasteiger charge is -2.21. The fourth-order valence-electron chi connectivity index (χ4n) is 2.15. The molecule has 1 N–H and O–H groups in total. The predicted molar refractivity (Wildman–Crippen MR) is 93.4 cm³/mol. The largest absolute Gasteiger partial charge is 0.306 e. The Kier molecular flexibility index (Phi) is 6.23. The Morgan fingerprint density at radius 3 is 2.43 bits per heavy atom. The summed E-state index contributed by atoms with van der Waals surface area (Å²) >= 11 is 13.1. The minimum atomic E-state index is -0.275. The maximum absolute atomic E-state index is 14.2. The maximum Gasteiger partial charge on any atom is 0.128 e. The summed E-state index contributed by atoms with van der Waals surface area (Å²) in [7, 11) is 0. The van der Waals surface area contributed by atoms with Gasteiger partial charge in [0.1, 0.15) is 5.82 Å². The lowest BCUT2D eigenvalue weighted by Crippen LogP contribution is -2.24. The Morgan fingerprint density at radius 2 is 1.76 bits per heavy atom. The third kappa shape index (κ3) is 4.28. The Bertz CT molecular complexity index is 634. The number of hydrogen-bond donors (Lipinski definition) is 1. The molecule has 2 aromatic carbocycles. The molecular formula is C16H15Br2ClFN. The van der Waals surface area contributed by atoms with Crippen molar-refractivity contribution in [1.29, 1.82) is 0 Å². The number of hydrogen-bond acceptors (Lipinski definition) is 1. The quantitative estimate of drug-likeness (QED) is 0.599. The first kappa shape index (κ1) is 16.9. The molecule has 0 fully saturated rings. The lowest BCUT2D eigenvalue weighted by molar-refractivity contribution is 0.546. The molecular weight excluding hydrogens is 420 g/mol. The van der Waals surface area contributed by atoms with Crippen LogP contribution in [-0.2, 0) is 0 Å². The molecule has 0 amide bonds. The first-order valence-electron chi connectivity index (χ1n) is 6.66. The summed E-state index contributed by atoms with van der Waals surface area (Å²) in [5, 5.41) is 3.98. The van der Waals surface area contributed by atoms with E-state index in [9.17, 15) is 4.39 Å². The van der Waals surface area contributed by atoms with E-state index in [1.807, 2.05) is 18.2 Å². The van der Waals surface area contributed by atoms with Gasteiger partial charge in [0.2, 0.25) is 0 Å². The van der Waals surface area contributed by atoms with Crippen LogP contribution >= 0.6 is 43.5 Å². The Labute approximate surface area is 146 Å². The molecule has 2 rings (SSSR count). The van der Waals surface area contributed by atoms with Gasteiger partial charge in [-0.1, -0.05) is 56.5 Å². The van der Waals surface area contributed by atoms with Gasteiger partial charge < -0.3 is 5.32 Å². The van der Waals surface area contributed by atoms with Crippen LogP contribution in [0.3, 0.4) is 0 Å². The monoisotopic (exact) mass is 433 g/mol. The molecule has 0 aromatic heterocycles. The molecule has 112 valence electrons. The van der Waals surface area contributed by atoms with Crippen LogP contribution in [0.1, 0.15) is 30.5 Å². The Balaban J connectivity index is 2.49. The summed E-state index contributed by atoms with van der Waals surface area (Å²) < 4.78 is 16.0. The van der Waals surface area contributed by atoms with Crippen LogP contribution in [0.25, 0.3) is 0 Å². The van der Waals surface area contributed by atoms with Crippen LogP contribution < -0.4 is 5.32 Å². The van der Waals surface area contributed by atoms with Crippen molar-refractivity contribution in [2.24, 2.45) is 0 Å². The number of benzene rings is 2. The van der Waals surface area contributed by atoms with Crippen molar-refractivity contribution >= 4 is 43.5 Å². The van der Waals surface area contributed by atoms with E-state index in [4.69, 9.17) is 11.6 Å². The van der Waals surface area contributed by atoms with Crippen LogP contribution in [0.15, 0.2) is 45.3 Å². The zero-order valence-corrected chi connectivity index (χ0v) is 15.4. The van der Waals surface area contributed by atoms with E-state index in [0.717, 1.165) is 27.5 Å². The highest BCUT2D eigenvalue weighted by atomic mass is 79.9. The van der Waals surface area contributed by atoms with E-state index in [1.165, 1.54) is 6.07 Å². The van der Waals surface area contributed by atoms with E-state index in [1.54, 1.807) is 12.1 Å². The van der Waals surface area contributed by atoms with Gasteiger partial charge in [0.25, 0.3) is 0 Å². The molecule has 0 aliphatic rings. The second kappa shape index (κ2) is 7.73. The molecule has 0 radical (unpaired) electrons. The van der Waals surface area contributed by atoms with Gasteiger partial charge in [-0.25, -0.2) is 4.39 Å². The average molecular weight is 436 g/mol. The average Bonchev–Trinajstić information content (AvgIpc) is 2.44. The van der Waals surface area contributed by atoms with Crippen LogP contribution in [0, 0.1) is 5.82 Å². The van der Waals surface area contributed by atoms with Gasteiger partial charge in [-0.05, 0) is 48.9 Å². The predicted octanol–water partition coefficient (Wildman–Crippen LogP) is 6.09. The van der Waals surface area contributed by atoms with Gasteiger partial charge in [-0.3, -0.25) is 0 Å². The van der Waals surface area contributed by atoms with E-state index < -0.39 is 0 Å². The molecule has 0 bridgehead atoms. The zero-order chi connectivity index (χ0) is 15.4. The van der Waals surface area contributed by atoms with E-state index >= 15 is 0 Å². The molecule has 1 unspecified atom stereocenters. The molecule has 5 heteroatoms. The maximum atomic E-state index is 14.2. The van der Waals surface area contributed by atoms with E-state index in [0.29, 0.717) is 10.6 Å². The Hall–Kier alpha value is -0.420. The van der Waals surface area contributed by atoms with Crippen molar-refractivity contribution in [2.45, 2.75) is 19.4 Å². The van der Waals surface area contributed by atoms with Crippen LogP contribution in [-0.4, -0.2) is 6.54 Å². The van der Waals surface area contributed by atoms with Gasteiger partial charge in [0.05, 0.1) is 6.04 Å². The van der Waals surface area contributed by atoms with Crippen molar-refractivity contribution in [2.75, 3.05) is 6.54 Å². The zero-order valence-electron chi connectivity index (χ0n) is 11.5. The normalized spacial score (nSPS) is 12.4. The van der Waals surface area contributed by atoms with E-state index in [2.05, 4.69) is 44.1 Å². The van der Waals surface area contributed by atoms with Crippen molar-refractivity contribution in [3.8, 4) is 0 Å². The topological polar surface area (TPSA) is 12.0 Å². The van der Waals surface area contributed by atoms with Gasteiger partial charge in [0.15, 0.2) is 0 Å². The molecule has 0 spiro atoms. The van der Waals surface area contributed by atoms with Crippen molar-refractivity contribution < 1.29 is 4.39 Å². The summed E-state index contributed by atoms with van der Waals surface area (Å²) in [6.45, 7) is 2.85. The van der Waals surface area contributed by atoms with E-state index in [-0.39, 0.29) is 11.9 Å². The molecule has 21 heavy (non-hydrogen) atoms. The highest BCUT2D eigenvalue weighted by Gasteiger charge is 2.20. The minimum Gasteiger partial charge on any atom is -0.306 e. The highest BCUT2D eigenvalue weighted by molar-refractivity contribution is 9.10. The fourth-order valence-corrected chi connectivity index (χ4v) is 3.31. The molecule has 1 atom stereocenters. The summed E-state index contributed by atoms with van der Waals surface area (Å²) in [5.41, 5.74) is 1.45. The first-order chi connectivity index (χ1) is 10.0. The minimum absolute atomic E-state index is 0.245. The third-order valence-corrected chi connectivity index (χ3v) is 4.45. The molecule has 0 saturated heterocycles. The lowest BCUT2D eigenvalue weighted by atomic mass is 9.98. The third-order valence-electron chi connectivity index (χ3n) is 3.14. The summed E-state index contributed by atoms with van der Waals surface area (Å²) in [5.74, 6) is -0.245. The summed E-state index contributed by atoms with van der Waals surface area (Å²) in [6.07, 6.45) is 0.959. The number of nitrogens with one attached hydrogen (secondary N) is 1. The second-order valence-corrected chi connectivity index (χ2v) is 6.96. The first-order valence-corrected chi connectivity index (χ1v) is 8.62. The van der Waals surface area contributed by atoms with Crippen molar-refractivity contribution in [3.05, 3.63) is 67.3 Å². The SMILES string of the molecule is CCCNC(c1cc(Br)ccc1F)c1ccc(Br)cc1Cl. The summed E-state index contributed by atoms with van der Waals surface area (Å²) in [6, 6.07) is 10.3. The Morgan fingerprint density at radius 1 is 1.10 bits per heavy atom. The van der Waals surface area contributed by atoms with Crippen LogP contribution in [0.5, 0.6) is 0 Å². The van der Waals surface area contributed by atoms with Gasteiger partial charge in [-0.2, -0.15) is 0 Å². The number of rotatable bonds is 5. The molecule has 0 saturated carbocycles.